The molecule has 2 rings (SSSR count). The molecule has 2 aromatic carbocycles. The largest absolute Gasteiger partial charge is 0.573 e. The van der Waals surface area contributed by atoms with Crippen LogP contribution in [-0.4, -0.2) is 6.36 Å². The minimum atomic E-state index is -4.68. The number of alkyl halides is 3. The lowest BCUT2D eigenvalue weighted by molar-refractivity contribution is -0.274. The van der Waals surface area contributed by atoms with E-state index < -0.39 is 6.36 Å². The summed E-state index contributed by atoms with van der Waals surface area (Å²) < 4.78 is 40.4. The van der Waals surface area contributed by atoms with Gasteiger partial charge in [0.2, 0.25) is 0 Å². The summed E-state index contributed by atoms with van der Waals surface area (Å²) in [7, 11) is 0. The maximum atomic E-state index is 12.2. The van der Waals surface area contributed by atoms with Gasteiger partial charge in [0.25, 0.3) is 0 Å². The van der Waals surface area contributed by atoms with E-state index in [2.05, 4.69) is 4.74 Å². The van der Waals surface area contributed by atoms with Crippen molar-refractivity contribution in [3.05, 3.63) is 54.1 Å². The predicted octanol–water partition coefficient (Wildman–Crippen LogP) is 4.27. The van der Waals surface area contributed by atoms with Crippen LogP contribution in [0.5, 0.6) is 5.75 Å². The number of hydrogen-bond acceptors (Lipinski definition) is 2. The Bertz CT molecular complexity index is 576. The van der Waals surface area contributed by atoms with Crippen LogP contribution in [0.1, 0.15) is 18.5 Å². The Morgan fingerprint density at radius 2 is 1.65 bits per heavy atom. The molecule has 0 amide bonds. The van der Waals surface area contributed by atoms with Crippen molar-refractivity contribution in [1.29, 1.82) is 0 Å². The molecule has 1 atom stereocenters. The molecule has 20 heavy (non-hydrogen) atoms. The molecule has 2 nitrogen and oxygen atoms in total. The number of hydrogen-bond donors (Lipinski definition) is 1. The van der Waals surface area contributed by atoms with Gasteiger partial charge in [0, 0.05) is 6.04 Å². The van der Waals surface area contributed by atoms with Gasteiger partial charge in [-0.3, -0.25) is 0 Å². The summed E-state index contributed by atoms with van der Waals surface area (Å²) in [5.41, 5.74) is 8.18. The molecule has 0 aromatic heterocycles. The summed E-state index contributed by atoms with van der Waals surface area (Å²) in [4.78, 5) is 0. The lowest BCUT2D eigenvalue weighted by atomic mass is 10.0. The number of rotatable bonds is 3. The summed E-state index contributed by atoms with van der Waals surface area (Å²) in [6.45, 7) is 1.87. The highest BCUT2D eigenvalue weighted by Crippen LogP contribution is 2.28. The zero-order valence-electron chi connectivity index (χ0n) is 10.8. The van der Waals surface area contributed by atoms with Crippen LogP contribution in [0.3, 0.4) is 0 Å². The quantitative estimate of drug-likeness (QED) is 0.911. The zero-order valence-corrected chi connectivity index (χ0v) is 10.8. The van der Waals surface area contributed by atoms with Crippen molar-refractivity contribution in [2.24, 2.45) is 5.73 Å². The van der Waals surface area contributed by atoms with Crippen molar-refractivity contribution in [1.82, 2.24) is 0 Å². The SMILES string of the molecule is CC(N)c1ccc(-c2cccc(OC(F)(F)F)c2)cc1. The van der Waals surface area contributed by atoms with Gasteiger partial charge in [-0.25, -0.2) is 0 Å². The highest BCUT2D eigenvalue weighted by molar-refractivity contribution is 5.65. The minimum Gasteiger partial charge on any atom is -0.406 e. The van der Waals surface area contributed by atoms with Crippen LogP contribution in [-0.2, 0) is 0 Å². The molecule has 0 saturated carbocycles. The summed E-state index contributed by atoms with van der Waals surface area (Å²) in [6.07, 6.45) is -4.68. The smallest absolute Gasteiger partial charge is 0.406 e. The van der Waals surface area contributed by atoms with Crippen LogP contribution in [0.2, 0.25) is 0 Å². The fourth-order valence-electron chi connectivity index (χ4n) is 1.85. The molecule has 1 unspecified atom stereocenters. The molecular formula is C15H14F3NO. The molecule has 0 bridgehead atoms. The van der Waals surface area contributed by atoms with Gasteiger partial charge in [0.1, 0.15) is 5.75 Å². The van der Waals surface area contributed by atoms with Crippen molar-refractivity contribution in [2.45, 2.75) is 19.3 Å². The Hall–Kier alpha value is -2.01. The number of halogens is 3. The highest BCUT2D eigenvalue weighted by atomic mass is 19.4. The molecule has 0 aliphatic rings. The van der Waals surface area contributed by atoms with Gasteiger partial charge in [-0.1, -0.05) is 36.4 Å². The summed E-state index contributed by atoms with van der Waals surface area (Å²) in [6, 6.07) is 13.2. The Kier molecular flexibility index (Phi) is 3.99. The topological polar surface area (TPSA) is 35.2 Å². The van der Waals surface area contributed by atoms with Crippen LogP contribution in [0.25, 0.3) is 11.1 Å². The Balaban J connectivity index is 2.26. The van der Waals surface area contributed by atoms with E-state index in [1.165, 1.54) is 18.2 Å². The van der Waals surface area contributed by atoms with Crippen LogP contribution in [0.4, 0.5) is 13.2 Å². The summed E-state index contributed by atoms with van der Waals surface area (Å²) >= 11 is 0. The maximum Gasteiger partial charge on any atom is 0.573 e. The first-order chi connectivity index (χ1) is 9.35. The van der Waals surface area contributed by atoms with Gasteiger partial charge in [0.15, 0.2) is 0 Å². The molecule has 0 radical (unpaired) electrons. The van der Waals surface area contributed by atoms with E-state index in [0.29, 0.717) is 5.56 Å². The van der Waals surface area contributed by atoms with Crippen LogP contribution in [0, 0.1) is 0 Å². The van der Waals surface area contributed by atoms with Gasteiger partial charge >= 0.3 is 6.36 Å². The van der Waals surface area contributed by atoms with Crippen molar-refractivity contribution in [3.8, 4) is 16.9 Å². The molecule has 5 heteroatoms. The van der Waals surface area contributed by atoms with Crippen molar-refractivity contribution < 1.29 is 17.9 Å². The first-order valence-electron chi connectivity index (χ1n) is 6.07. The molecule has 0 spiro atoms. The van der Waals surface area contributed by atoms with Gasteiger partial charge < -0.3 is 10.5 Å². The van der Waals surface area contributed by atoms with E-state index in [9.17, 15) is 13.2 Å². The highest BCUT2D eigenvalue weighted by Gasteiger charge is 2.31. The van der Waals surface area contributed by atoms with Crippen LogP contribution < -0.4 is 10.5 Å². The molecule has 2 aromatic rings. The van der Waals surface area contributed by atoms with E-state index in [0.717, 1.165) is 11.1 Å². The lowest BCUT2D eigenvalue weighted by Crippen LogP contribution is -2.17. The van der Waals surface area contributed by atoms with Gasteiger partial charge in [-0.05, 0) is 35.7 Å². The first kappa shape index (κ1) is 14.4. The van der Waals surface area contributed by atoms with E-state index in [4.69, 9.17) is 5.73 Å². The molecular weight excluding hydrogens is 267 g/mol. The normalized spacial score (nSPS) is 13.1. The maximum absolute atomic E-state index is 12.2. The zero-order chi connectivity index (χ0) is 14.8. The first-order valence-corrected chi connectivity index (χ1v) is 6.07. The fourth-order valence-corrected chi connectivity index (χ4v) is 1.85. The molecule has 106 valence electrons. The summed E-state index contributed by atoms with van der Waals surface area (Å²) in [5.74, 6) is -0.230. The number of ether oxygens (including phenoxy) is 1. The minimum absolute atomic E-state index is 0.0797. The third-order valence-electron chi connectivity index (χ3n) is 2.84. The second-order valence-corrected chi connectivity index (χ2v) is 4.49. The monoisotopic (exact) mass is 281 g/mol. The van der Waals surface area contributed by atoms with E-state index >= 15 is 0 Å². The van der Waals surface area contributed by atoms with Gasteiger partial charge in [-0.2, -0.15) is 0 Å². The Morgan fingerprint density at radius 3 is 2.20 bits per heavy atom. The standard InChI is InChI=1S/C15H14F3NO/c1-10(19)11-5-7-12(8-6-11)13-3-2-4-14(9-13)20-15(16,17)18/h2-10H,19H2,1H3. The lowest BCUT2D eigenvalue weighted by Gasteiger charge is -2.11. The van der Waals surface area contributed by atoms with E-state index in [1.807, 2.05) is 31.2 Å². The average molecular weight is 281 g/mol. The van der Waals surface area contributed by atoms with Gasteiger partial charge in [-0.15, -0.1) is 13.2 Å². The third kappa shape index (κ3) is 3.74. The number of benzene rings is 2. The predicted molar refractivity (Wildman–Crippen MR) is 71.2 cm³/mol. The van der Waals surface area contributed by atoms with Crippen molar-refractivity contribution in [2.75, 3.05) is 0 Å². The summed E-state index contributed by atoms with van der Waals surface area (Å²) in [5, 5.41) is 0. The fraction of sp³-hybridized carbons (Fsp3) is 0.200. The third-order valence-corrected chi connectivity index (χ3v) is 2.84. The molecule has 2 N–H and O–H groups in total. The molecule has 0 heterocycles. The second kappa shape index (κ2) is 5.54. The molecule has 0 aliphatic carbocycles. The molecule has 0 saturated heterocycles. The second-order valence-electron chi connectivity index (χ2n) is 4.49. The Labute approximate surface area is 115 Å². The number of nitrogens with two attached hydrogens (primary N) is 1. The van der Waals surface area contributed by atoms with E-state index in [-0.39, 0.29) is 11.8 Å². The van der Waals surface area contributed by atoms with Gasteiger partial charge in [0.05, 0.1) is 0 Å². The van der Waals surface area contributed by atoms with Crippen molar-refractivity contribution >= 4 is 0 Å². The molecule has 0 fully saturated rings. The van der Waals surface area contributed by atoms with Crippen LogP contribution in [0.15, 0.2) is 48.5 Å². The van der Waals surface area contributed by atoms with E-state index in [1.54, 1.807) is 6.07 Å². The Morgan fingerprint density at radius 1 is 1.00 bits per heavy atom. The van der Waals surface area contributed by atoms with Crippen molar-refractivity contribution in [3.63, 3.8) is 0 Å². The molecule has 0 aliphatic heterocycles. The van der Waals surface area contributed by atoms with Crippen LogP contribution >= 0.6 is 0 Å². The average Bonchev–Trinajstić information content (AvgIpc) is 2.37.